The number of ether oxygens (including phenoxy) is 1. The van der Waals surface area contributed by atoms with E-state index in [1.807, 2.05) is 41.8 Å². The maximum atomic E-state index is 12.4. The van der Waals surface area contributed by atoms with Gasteiger partial charge in [0.15, 0.2) is 0 Å². The Morgan fingerprint density at radius 1 is 1.32 bits per heavy atom. The average Bonchev–Trinajstić information content (AvgIpc) is 3.05. The Hall–Kier alpha value is -2.33. The van der Waals surface area contributed by atoms with E-state index in [0.29, 0.717) is 13.1 Å². The number of amides is 1. The minimum Gasteiger partial charge on any atom is -0.496 e. The van der Waals surface area contributed by atoms with Gasteiger partial charge < -0.3 is 9.64 Å². The lowest BCUT2D eigenvalue weighted by Gasteiger charge is -2.18. The highest BCUT2D eigenvalue weighted by molar-refractivity contribution is 7.09. The molecule has 114 valence electrons. The fourth-order valence-electron chi connectivity index (χ4n) is 2.05. The molecule has 0 atom stereocenters. The van der Waals surface area contributed by atoms with Gasteiger partial charge in [0.05, 0.1) is 13.7 Å². The summed E-state index contributed by atoms with van der Waals surface area (Å²) in [5.41, 5.74) is 0.882. The minimum absolute atomic E-state index is 0.0424. The molecular weight excluding hydrogens is 294 g/mol. The Morgan fingerprint density at radius 2 is 2.14 bits per heavy atom. The molecule has 0 unspecified atom stereocenters. The standard InChI is InChI=1S/C18H19NO2S/c1-3-12-19(14-16-8-6-13-22-16)18(20)11-10-15-7-4-5-9-17(15)21-2/h3-11,13H,1,12,14H2,2H3/b11-10+. The van der Waals surface area contributed by atoms with Crippen molar-refractivity contribution in [2.45, 2.75) is 6.54 Å². The van der Waals surface area contributed by atoms with Crippen LogP contribution >= 0.6 is 11.3 Å². The van der Waals surface area contributed by atoms with Crippen LogP contribution in [0.3, 0.4) is 0 Å². The predicted octanol–water partition coefficient (Wildman–Crippen LogP) is 3.98. The van der Waals surface area contributed by atoms with Gasteiger partial charge in [-0.1, -0.05) is 30.3 Å². The summed E-state index contributed by atoms with van der Waals surface area (Å²) >= 11 is 1.64. The SMILES string of the molecule is C=CCN(Cc1cccs1)C(=O)/C=C/c1ccccc1OC. The maximum Gasteiger partial charge on any atom is 0.247 e. The Labute approximate surface area is 135 Å². The molecule has 0 saturated heterocycles. The van der Waals surface area contributed by atoms with Crippen LogP contribution in [0.4, 0.5) is 0 Å². The van der Waals surface area contributed by atoms with E-state index < -0.39 is 0 Å². The number of carbonyl (C=O) groups excluding carboxylic acids is 1. The summed E-state index contributed by atoms with van der Waals surface area (Å²) in [6, 6.07) is 11.6. The van der Waals surface area contributed by atoms with Crippen molar-refractivity contribution in [1.82, 2.24) is 4.90 Å². The molecule has 4 heteroatoms. The van der Waals surface area contributed by atoms with Crippen LogP contribution in [0, 0.1) is 0 Å². The predicted molar refractivity (Wildman–Crippen MR) is 92.0 cm³/mol. The lowest BCUT2D eigenvalue weighted by atomic mass is 10.2. The van der Waals surface area contributed by atoms with Crippen molar-refractivity contribution in [3.05, 3.63) is 70.9 Å². The highest BCUT2D eigenvalue weighted by Crippen LogP contribution is 2.19. The molecule has 0 fully saturated rings. The van der Waals surface area contributed by atoms with Crippen molar-refractivity contribution in [2.75, 3.05) is 13.7 Å². The normalized spacial score (nSPS) is 10.6. The van der Waals surface area contributed by atoms with E-state index >= 15 is 0 Å². The Morgan fingerprint density at radius 3 is 2.82 bits per heavy atom. The van der Waals surface area contributed by atoms with Gasteiger partial charge in [-0.25, -0.2) is 0 Å². The largest absolute Gasteiger partial charge is 0.496 e. The number of carbonyl (C=O) groups is 1. The molecular formula is C18H19NO2S. The quantitative estimate of drug-likeness (QED) is 0.571. The number of hydrogen-bond donors (Lipinski definition) is 0. The molecule has 1 heterocycles. The summed E-state index contributed by atoms with van der Waals surface area (Å²) in [6.45, 7) is 4.84. The third kappa shape index (κ3) is 4.33. The third-order valence-corrected chi connectivity index (χ3v) is 3.99. The van der Waals surface area contributed by atoms with E-state index in [0.717, 1.165) is 16.2 Å². The van der Waals surface area contributed by atoms with Crippen LogP contribution in [-0.2, 0) is 11.3 Å². The molecule has 0 aliphatic rings. The second-order valence-electron chi connectivity index (χ2n) is 4.66. The summed E-state index contributed by atoms with van der Waals surface area (Å²) in [7, 11) is 1.62. The van der Waals surface area contributed by atoms with Crippen molar-refractivity contribution in [3.63, 3.8) is 0 Å². The van der Waals surface area contributed by atoms with E-state index in [9.17, 15) is 4.79 Å². The second-order valence-corrected chi connectivity index (χ2v) is 5.69. The highest BCUT2D eigenvalue weighted by atomic mass is 32.1. The fraction of sp³-hybridized carbons (Fsp3) is 0.167. The number of rotatable bonds is 7. The van der Waals surface area contributed by atoms with E-state index in [1.165, 1.54) is 0 Å². The van der Waals surface area contributed by atoms with Crippen molar-refractivity contribution < 1.29 is 9.53 Å². The number of para-hydroxylation sites is 1. The van der Waals surface area contributed by atoms with E-state index in [2.05, 4.69) is 6.58 Å². The number of nitrogens with zero attached hydrogens (tertiary/aromatic N) is 1. The number of benzene rings is 1. The monoisotopic (exact) mass is 313 g/mol. The van der Waals surface area contributed by atoms with Crippen molar-refractivity contribution >= 4 is 23.3 Å². The van der Waals surface area contributed by atoms with Gasteiger partial charge in [0.2, 0.25) is 5.91 Å². The maximum absolute atomic E-state index is 12.4. The number of hydrogen-bond acceptors (Lipinski definition) is 3. The zero-order valence-corrected chi connectivity index (χ0v) is 13.4. The van der Waals surface area contributed by atoms with Crippen molar-refractivity contribution in [1.29, 1.82) is 0 Å². The molecule has 0 aliphatic heterocycles. The molecule has 1 aromatic carbocycles. The molecule has 0 aliphatic carbocycles. The topological polar surface area (TPSA) is 29.5 Å². The summed E-state index contributed by atoms with van der Waals surface area (Å²) < 4.78 is 5.28. The first kappa shape index (κ1) is 16.0. The zero-order valence-electron chi connectivity index (χ0n) is 12.6. The third-order valence-electron chi connectivity index (χ3n) is 3.13. The molecule has 0 radical (unpaired) electrons. The molecule has 1 aromatic heterocycles. The number of thiophene rings is 1. The molecule has 3 nitrogen and oxygen atoms in total. The van der Waals surface area contributed by atoms with Gasteiger partial charge in [-0.15, -0.1) is 17.9 Å². The van der Waals surface area contributed by atoms with E-state index in [-0.39, 0.29) is 5.91 Å². The fourth-order valence-corrected chi connectivity index (χ4v) is 2.77. The molecule has 2 aromatic rings. The van der Waals surface area contributed by atoms with Crippen LogP contribution in [0.5, 0.6) is 5.75 Å². The van der Waals surface area contributed by atoms with Crippen LogP contribution < -0.4 is 4.74 Å². The summed E-state index contributed by atoms with van der Waals surface area (Å²) in [5.74, 6) is 0.708. The Kier molecular flexibility index (Phi) is 5.98. The summed E-state index contributed by atoms with van der Waals surface area (Å²) in [4.78, 5) is 15.3. The molecule has 1 amide bonds. The van der Waals surface area contributed by atoms with Gasteiger partial charge in [-0.05, 0) is 23.6 Å². The molecule has 2 rings (SSSR count). The van der Waals surface area contributed by atoms with Crippen LogP contribution in [0.1, 0.15) is 10.4 Å². The van der Waals surface area contributed by atoms with E-state index in [1.54, 1.807) is 41.6 Å². The Balaban J connectivity index is 2.10. The average molecular weight is 313 g/mol. The second kappa shape index (κ2) is 8.20. The molecule has 0 bridgehead atoms. The highest BCUT2D eigenvalue weighted by Gasteiger charge is 2.10. The lowest BCUT2D eigenvalue weighted by molar-refractivity contribution is -0.126. The lowest BCUT2D eigenvalue weighted by Crippen LogP contribution is -2.28. The van der Waals surface area contributed by atoms with Crippen molar-refractivity contribution in [3.8, 4) is 5.75 Å². The number of methoxy groups -OCH3 is 1. The first-order chi connectivity index (χ1) is 10.7. The molecule has 0 spiro atoms. The first-order valence-electron chi connectivity index (χ1n) is 6.98. The van der Waals surface area contributed by atoms with Gasteiger partial charge in [0, 0.05) is 23.1 Å². The van der Waals surface area contributed by atoms with E-state index in [4.69, 9.17) is 4.74 Å². The molecule has 0 N–H and O–H groups in total. The molecule has 22 heavy (non-hydrogen) atoms. The summed E-state index contributed by atoms with van der Waals surface area (Å²) in [6.07, 6.45) is 5.10. The van der Waals surface area contributed by atoms with Gasteiger partial charge in [-0.2, -0.15) is 0 Å². The smallest absolute Gasteiger partial charge is 0.247 e. The van der Waals surface area contributed by atoms with Gasteiger partial charge in [0.25, 0.3) is 0 Å². The van der Waals surface area contributed by atoms with Crippen LogP contribution in [0.15, 0.2) is 60.5 Å². The van der Waals surface area contributed by atoms with Crippen molar-refractivity contribution in [2.24, 2.45) is 0 Å². The van der Waals surface area contributed by atoms with Gasteiger partial charge in [0.1, 0.15) is 5.75 Å². The Bertz CT molecular complexity index is 647. The molecule has 0 saturated carbocycles. The summed E-state index contributed by atoms with van der Waals surface area (Å²) in [5, 5.41) is 2.01. The minimum atomic E-state index is -0.0424. The van der Waals surface area contributed by atoms with Gasteiger partial charge in [-0.3, -0.25) is 4.79 Å². The van der Waals surface area contributed by atoms with Crippen LogP contribution in [0.2, 0.25) is 0 Å². The van der Waals surface area contributed by atoms with Gasteiger partial charge >= 0.3 is 0 Å². The zero-order chi connectivity index (χ0) is 15.8. The first-order valence-corrected chi connectivity index (χ1v) is 7.86. The van der Waals surface area contributed by atoms with Crippen LogP contribution in [0.25, 0.3) is 6.08 Å². The van der Waals surface area contributed by atoms with Crippen LogP contribution in [-0.4, -0.2) is 24.5 Å².